The van der Waals surface area contributed by atoms with Gasteiger partial charge in [-0.3, -0.25) is 9.59 Å². The lowest BCUT2D eigenvalue weighted by Crippen LogP contribution is -2.40. The second-order valence-electron chi connectivity index (χ2n) is 9.76. The SMILES string of the molecule is Cc1c(-c2ccc(Cl)cc2F)c(C(=O)C2CCN(c3ncc[nH]c3=O)CC2)n(Cc2ccccc2)c1C(F)(F)F. The first-order valence-electron chi connectivity index (χ1n) is 12.7. The van der Waals surface area contributed by atoms with Gasteiger partial charge >= 0.3 is 6.18 Å². The molecule has 11 heteroatoms. The van der Waals surface area contributed by atoms with E-state index in [0.717, 1.165) is 10.6 Å². The van der Waals surface area contributed by atoms with E-state index in [4.69, 9.17) is 11.6 Å². The third-order valence-corrected chi connectivity index (χ3v) is 7.48. The van der Waals surface area contributed by atoms with Gasteiger partial charge in [0.25, 0.3) is 5.56 Å². The van der Waals surface area contributed by atoms with Crippen LogP contribution in [-0.4, -0.2) is 33.4 Å². The van der Waals surface area contributed by atoms with E-state index >= 15 is 4.39 Å². The number of ketones is 1. The molecule has 4 aromatic rings. The standard InChI is InChI=1S/C29H25ClF4N4O2/c1-17-23(21-8-7-20(30)15-22(21)31)24(38(26(17)29(32,33)34)16-18-5-3-2-4-6-18)25(39)19-9-13-37(14-10-19)27-28(40)36-12-11-35-27/h2-8,11-12,15,19H,9-10,13-14,16H2,1H3,(H,36,40). The van der Waals surface area contributed by atoms with Gasteiger partial charge in [0.1, 0.15) is 11.5 Å². The summed E-state index contributed by atoms with van der Waals surface area (Å²) in [5.41, 5.74) is -1.44. The monoisotopic (exact) mass is 572 g/mol. The first-order valence-corrected chi connectivity index (χ1v) is 13.1. The number of alkyl halides is 3. The van der Waals surface area contributed by atoms with Gasteiger partial charge in [0.2, 0.25) is 0 Å². The number of piperidine rings is 1. The Kier molecular flexibility index (Phi) is 7.55. The molecule has 0 saturated carbocycles. The lowest BCUT2D eigenvalue weighted by atomic mass is 9.88. The van der Waals surface area contributed by atoms with Gasteiger partial charge in [-0.1, -0.05) is 41.9 Å². The number of carbonyl (C=O) groups is 1. The van der Waals surface area contributed by atoms with Crippen LogP contribution in [0, 0.1) is 18.7 Å². The van der Waals surface area contributed by atoms with Gasteiger partial charge in [-0.15, -0.1) is 0 Å². The molecule has 2 aromatic heterocycles. The van der Waals surface area contributed by atoms with Crippen molar-refractivity contribution in [3.63, 3.8) is 0 Å². The van der Waals surface area contributed by atoms with Crippen molar-refractivity contribution in [2.45, 2.75) is 32.5 Å². The predicted octanol–water partition coefficient (Wildman–Crippen LogP) is 6.51. The molecule has 1 fully saturated rings. The Morgan fingerprint density at radius 2 is 1.82 bits per heavy atom. The molecule has 1 aliphatic heterocycles. The number of aromatic amines is 1. The van der Waals surface area contributed by atoms with E-state index in [9.17, 15) is 22.8 Å². The Balaban J connectivity index is 1.62. The van der Waals surface area contributed by atoms with Crippen LogP contribution in [0.4, 0.5) is 23.4 Å². The van der Waals surface area contributed by atoms with Gasteiger partial charge in [0.05, 0.1) is 5.69 Å². The number of hydrogen-bond acceptors (Lipinski definition) is 4. The number of aromatic nitrogens is 3. The lowest BCUT2D eigenvalue weighted by Gasteiger charge is -2.32. The molecule has 0 amide bonds. The second kappa shape index (κ2) is 10.9. The largest absolute Gasteiger partial charge is 0.431 e. The Morgan fingerprint density at radius 1 is 1.12 bits per heavy atom. The molecule has 208 valence electrons. The number of anilines is 1. The number of H-pyrrole nitrogens is 1. The zero-order valence-corrected chi connectivity index (χ0v) is 22.2. The van der Waals surface area contributed by atoms with Crippen LogP contribution in [0.5, 0.6) is 0 Å². The van der Waals surface area contributed by atoms with E-state index in [-0.39, 0.29) is 58.2 Å². The Morgan fingerprint density at radius 3 is 2.45 bits per heavy atom. The van der Waals surface area contributed by atoms with Gasteiger partial charge < -0.3 is 14.5 Å². The highest BCUT2D eigenvalue weighted by Crippen LogP contribution is 2.43. The predicted molar refractivity (Wildman–Crippen MR) is 144 cm³/mol. The van der Waals surface area contributed by atoms with E-state index in [1.54, 1.807) is 35.2 Å². The molecule has 1 aliphatic rings. The molecule has 0 spiro atoms. The number of Topliss-reactive ketones (excluding diaryl/α,β-unsaturated/α-hetero) is 1. The minimum atomic E-state index is -4.81. The molecule has 0 unspecified atom stereocenters. The minimum absolute atomic E-state index is 0.0865. The summed E-state index contributed by atoms with van der Waals surface area (Å²) < 4.78 is 59.9. The van der Waals surface area contributed by atoms with Crippen molar-refractivity contribution < 1.29 is 22.4 Å². The summed E-state index contributed by atoms with van der Waals surface area (Å²) in [6.45, 7) is 1.66. The fraction of sp³-hybridized carbons (Fsp3) is 0.276. The highest BCUT2D eigenvalue weighted by atomic mass is 35.5. The molecule has 0 aliphatic carbocycles. The number of benzene rings is 2. The van der Waals surface area contributed by atoms with Crippen molar-refractivity contribution in [1.29, 1.82) is 0 Å². The minimum Gasteiger partial charge on any atom is -0.352 e. The number of hydrogen-bond donors (Lipinski definition) is 1. The number of nitrogens with zero attached hydrogens (tertiary/aromatic N) is 3. The van der Waals surface area contributed by atoms with Crippen LogP contribution in [-0.2, 0) is 12.7 Å². The molecule has 5 rings (SSSR count). The molecule has 6 nitrogen and oxygen atoms in total. The van der Waals surface area contributed by atoms with E-state index in [2.05, 4.69) is 9.97 Å². The lowest BCUT2D eigenvalue weighted by molar-refractivity contribution is -0.143. The summed E-state index contributed by atoms with van der Waals surface area (Å²) in [7, 11) is 0. The van der Waals surface area contributed by atoms with Crippen molar-refractivity contribution in [3.8, 4) is 11.1 Å². The smallest absolute Gasteiger partial charge is 0.352 e. The number of carbonyl (C=O) groups excluding carboxylic acids is 1. The quantitative estimate of drug-likeness (QED) is 0.211. The zero-order valence-electron chi connectivity index (χ0n) is 21.4. The van der Waals surface area contributed by atoms with Crippen LogP contribution >= 0.6 is 11.6 Å². The summed E-state index contributed by atoms with van der Waals surface area (Å²) in [5.74, 6) is -1.74. The Hall–Kier alpha value is -3.92. The Labute approximate surface area is 232 Å². The molecule has 2 aromatic carbocycles. The topological polar surface area (TPSA) is 71.0 Å². The summed E-state index contributed by atoms with van der Waals surface area (Å²) >= 11 is 5.93. The fourth-order valence-electron chi connectivity index (χ4n) is 5.43. The normalized spacial score (nSPS) is 14.5. The number of halogens is 5. The summed E-state index contributed by atoms with van der Waals surface area (Å²) in [6, 6.07) is 12.2. The second-order valence-corrected chi connectivity index (χ2v) is 10.2. The van der Waals surface area contributed by atoms with E-state index in [1.165, 1.54) is 31.5 Å². The van der Waals surface area contributed by atoms with Crippen LogP contribution < -0.4 is 10.5 Å². The van der Waals surface area contributed by atoms with Gasteiger partial charge in [-0.25, -0.2) is 9.37 Å². The van der Waals surface area contributed by atoms with Gasteiger partial charge in [0.15, 0.2) is 11.6 Å². The van der Waals surface area contributed by atoms with E-state index < -0.39 is 29.4 Å². The van der Waals surface area contributed by atoms with Crippen LogP contribution in [0.3, 0.4) is 0 Å². The molecule has 0 atom stereocenters. The highest BCUT2D eigenvalue weighted by Gasteiger charge is 2.42. The van der Waals surface area contributed by atoms with Gasteiger partial charge in [0, 0.05) is 54.1 Å². The molecule has 0 bridgehead atoms. The van der Waals surface area contributed by atoms with E-state index in [1.807, 2.05) is 0 Å². The molecule has 3 heterocycles. The maximum Gasteiger partial charge on any atom is 0.431 e. The molecule has 1 N–H and O–H groups in total. The first-order chi connectivity index (χ1) is 19.1. The highest BCUT2D eigenvalue weighted by molar-refractivity contribution is 6.30. The third-order valence-electron chi connectivity index (χ3n) is 7.25. The van der Waals surface area contributed by atoms with Gasteiger partial charge in [-0.2, -0.15) is 13.2 Å². The summed E-state index contributed by atoms with van der Waals surface area (Å²) in [6.07, 6.45) is -1.36. The molecule has 40 heavy (non-hydrogen) atoms. The maximum absolute atomic E-state index is 15.2. The summed E-state index contributed by atoms with van der Waals surface area (Å²) in [5, 5.41) is 0.0865. The van der Waals surface area contributed by atoms with Crippen molar-refractivity contribution in [3.05, 3.63) is 105 Å². The molecular weight excluding hydrogens is 548 g/mol. The van der Waals surface area contributed by atoms with Crippen molar-refractivity contribution >= 4 is 23.2 Å². The van der Waals surface area contributed by atoms with Crippen LogP contribution in [0.2, 0.25) is 5.02 Å². The average Bonchev–Trinajstić information content (AvgIpc) is 3.21. The summed E-state index contributed by atoms with van der Waals surface area (Å²) in [4.78, 5) is 34.8. The first kappa shape index (κ1) is 27.6. The van der Waals surface area contributed by atoms with Crippen molar-refractivity contribution in [2.24, 2.45) is 5.92 Å². The van der Waals surface area contributed by atoms with E-state index in [0.29, 0.717) is 18.7 Å². The van der Waals surface area contributed by atoms with Gasteiger partial charge in [-0.05, 0) is 49.1 Å². The van der Waals surface area contributed by atoms with Crippen molar-refractivity contribution in [2.75, 3.05) is 18.0 Å². The van der Waals surface area contributed by atoms with Crippen LogP contribution in [0.1, 0.15) is 40.2 Å². The van der Waals surface area contributed by atoms with Crippen LogP contribution in [0.15, 0.2) is 65.7 Å². The maximum atomic E-state index is 15.2. The molecule has 1 saturated heterocycles. The van der Waals surface area contributed by atoms with Crippen LogP contribution in [0.25, 0.3) is 11.1 Å². The molecular formula is C29H25ClF4N4O2. The zero-order chi connectivity index (χ0) is 28.6. The van der Waals surface area contributed by atoms with Crippen molar-refractivity contribution in [1.82, 2.24) is 14.5 Å². The third kappa shape index (κ3) is 5.28. The average molecular weight is 573 g/mol. The fourth-order valence-corrected chi connectivity index (χ4v) is 5.59. The number of rotatable bonds is 6. The molecule has 0 radical (unpaired) electrons. The number of nitrogens with one attached hydrogen (secondary N) is 1. The Bertz CT molecular complexity index is 1610.